The number of hydrogen-bond donors (Lipinski definition) is 0. The van der Waals surface area contributed by atoms with Crippen molar-refractivity contribution in [1.82, 2.24) is 0 Å². The van der Waals surface area contributed by atoms with Gasteiger partial charge in [0.15, 0.2) is 5.78 Å². The molecule has 0 saturated heterocycles. The van der Waals surface area contributed by atoms with Crippen molar-refractivity contribution in [2.45, 2.75) is 31.0 Å². The fourth-order valence-electron chi connectivity index (χ4n) is 3.01. The maximum Gasteiger partial charge on any atom is 0.453 e. The summed E-state index contributed by atoms with van der Waals surface area (Å²) in [7, 11) is 1.08. The highest BCUT2D eigenvalue weighted by atomic mass is 19.4. The van der Waals surface area contributed by atoms with E-state index in [1.165, 1.54) is 24.3 Å². The quantitative estimate of drug-likeness (QED) is 0.615. The number of Topliss-reactive ketones (excluding diaryl/α,β-unsaturated/α-hetero) is 2. The van der Waals surface area contributed by atoms with Gasteiger partial charge in [0.25, 0.3) is 0 Å². The summed E-state index contributed by atoms with van der Waals surface area (Å²) in [6, 6.07) is 7.18. The van der Waals surface area contributed by atoms with Gasteiger partial charge >= 0.3 is 12.1 Å². The molecule has 1 aliphatic carbocycles. The van der Waals surface area contributed by atoms with E-state index in [-0.39, 0.29) is 12.0 Å². The molecule has 1 saturated carbocycles. The second-order valence-electron chi connectivity index (χ2n) is 5.70. The van der Waals surface area contributed by atoms with Gasteiger partial charge in [-0.15, -0.1) is 0 Å². The molecule has 0 aliphatic heterocycles. The zero-order valence-corrected chi connectivity index (χ0v) is 12.6. The van der Waals surface area contributed by atoms with Crippen molar-refractivity contribution < 1.29 is 36.3 Å². The van der Waals surface area contributed by atoms with Crippen LogP contribution in [-0.4, -0.2) is 36.9 Å². The summed E-state index contributed by atoms with van der Waals surface area (Å²) < 4.78 is 71.2. The van der Waals surface area contributed by atoms with Crippen LogP contribution in [0.4, 0.5) is 22.0 Å². The average molecular weight is 350 g/mol. The first-order valence-electron chi connectivity index (χ1n) is 7.18. The maximum atomic E-state index is 13.9. The summed E-state index contributed by atoms with van der Waals surface area (Å²) in [5.74, 6) is -11.1. The molecule has 3 atom stereocenters. The lowest BCUT2D eigenvalue weighted by atomic mass is 9.70. The van der Waals surface area contributed by atoms with Crippen LogP contribution >= 0.6 is 0 Å². The predicted molar refractivity (Wildman–Crippen MR) is 73.8 cm³/mol. The summed E-state index contributed by atoms with van der Waals surface area (Å²) in [6.45, 7) is 0. The molecular weight excluding hydrogens is 335 g/mol. The first-order chi connectivity index (χ1) is 11.1. The lowest BCUT2D eigenvalue weighted by molar-refractivity contribution is -0.310. The van der Waals surface area contributed by atoms with E-state index in [4.69, 9.17) is 4.74 Å². The third-order valence-corrected chi connectivity index (χ3v) is 4.22. The Labute approximate surface area is 134 Å². The molecule has 0 radical (unpaired) electrons. The molecule has 0 N–H and O–H groups in total. The van der Waals surface area contributed by atoms with Gasteiger partial charge in [-0.2, -0.15) is 22.0 Å². The number of carbonyl (C=O) groups is 2. The lowest BCUT2D eigenvalue weighted by Gasteiger charge is -2.39. The summed E-state index contributed by atoms with van der Waals surface area (Å²) in [4.78, 5) is 24.2. The Hall–Kier alpha value is -1.83. The number of halogens is 5. The Morgan fingerprint density at radius 2 is 1.67 bits per heavy atom. The van der Waals surface area contributed by atoms with E-state index >= 15 is 0 Å². The molecule has 2 rings (SSSR count). The van der Waals surface area contributed by atoms with Crippen LogP contribution in [-0.2, 0) is 9.53 Å². The van der Waals surface area contributed by atoms with Crippen molar-refractivity contribution in [2.75, 3.05) is 7.11 Å². The molecule has 0 spiro atoms. The normalized spacial score (nSPS) is 25.6. The van der Waals surface area contributed by atoms with E-state index in [9.17, 15) is 31.5 Å². The monoisotopic (exact) mass is 350 g/mol. The highest BCUT2D eigenvalue weighted by Gasteiger charge is 2.66. The minimum Gasteiger partial charge on any atom is -0.380 e. The SMILES string of the molecule is COC1CC(=O)C[C@H](C(F)(F)C(F)(F)F)[C@H]1C(=O)c1ccccc1. The van der Waals surface area contributed by atoms with Crippen LogP contribution in [0, 0.1) is 11.8 Å². The second kappa shape index (κ2) is 6.58. The molecule has 3 nitrogen and oxygen atoms in total. The van der Waals surface area contributed by atoms with Crippen LogP contribution in [0.25, 0.3) is 0 Å². The van der Waals surface area contributed by atoms with E-state index in [0.29, 0.717) is 0 Å². The third-order valence-electron chi connectivity index (χ3n) is 4.22. The maximum absolute atomic E-state index is 13.9. The van der Waals surface area contributed by atoms with E-state index in [0.717, 1.165) is 7.11 Å². The first kappa shape index (κ1) is 18.5. The van der Waals surface area contributed by atoms with Crippen molar-refractivity contribution in [3.05, 3.63) is 35.9 Å². The van der Waals surface area contributed by atoms with Crippen LogP contribution in [0.3, 0.4) is 0 Å². The molecule has 24 heavy (non-hydrogen) atoms. The zero-order chi connectivity index (χ0) is 18.1. The Bertz CT molecular complexity index is 612. The van der Waals surface area contributed by atoms with Gasteiger partial charge in [0.2, 0.25) is 0 Å². The minimum atomic E-state index is -5.86. The molecule has 1 aromatic rings. The van der Waals surface area contributed by atoms with Crippen molar-refractivity contribution in [2.24, 2.45) is 11.8 Å². The molecular formula is C16H15F5O3. The Balaban J connectivity index is 2.48. The number of rotatable bonds is 4. The molecule has 8 heteroatoms. The van der Waals surface area contributed by atoms with Gasteiger partial charge in [0.05, 0.1) is 17.9 Å². The van der Waals surface area contributed by atoms with Crippen LogP contribution in [0.5, 0.6) is 0 Å². The standard InChI is InChI=1S/C16H15F5O3/c1-24-12-8-10(22)7-11(15(17,18)16(19,20)21)13(12)14(23)9-5-3-2-4-6-9/h2-6,11-13H,7-8H2,1H3/t11-,12?,13+/m0/s1. The molecule has 1 aliphatic rings. The number of benzene rings is 1. The summed E-state index contributed by atoms with van der Waals surface area (Å²) in [5.41, 5.74) is 0.00173. The topological polar surface area (TPSA) is 43.4 Å². The van der Waals surface area contributed by atoms with Gasteiger partial charge in [-0.1, -0.05) is 30.3 Å². The highest BCUT2D eigenvalue weighted by Crippen LogP contribution is 2.49. The molecule has 0 heterocycles. The number of alkyl halides is 5. The van der Waals surface area contributed by atoms with Gasteiger partial charge in [-0.25, -0.2) is 0 Å². The van der Waals surface area contributed by atoms with Gasteiger partial charge in [0, 0.05) is 25.5 Å². The third kappa shape index (κ3) is 3.33. The second-order valence-corrected chi connectivity index (χ2v) is 5.70. The minimum absolute atomic E-state index is 0.00173. The number of ketones is 2. The van der Waals surface area contributed by atoms with Gasteiger partial charge in [0.1, 0.15) is 5.78 Å². The summed E-state index contributed by atoms with van der Waals surface area (Å²) in [5, 5.41) is 0. The Kier molecular flexibility index (Phi) is 5.08. The van der Waals surface area contributed by atoms with E-state index in [1.54, 1.807) is 6.07 Å². The van der Waals surface area contributed by atoms with Crippen LogP contribution < -0.4 is 0 Å². The van der Waals surface area contributed by atoms with Gasteiger partial charge < -0.3 is 4.74 Å². The number of methoxy groups -OCH3 is 1. The largest absolute Gasteiger partial charge is 0.453 e. The molecule has 0 amide bonds. The van der Waals surface area contributed by atoms with Crippen molar-refractivity contribution in [3.8, 4) is 0 Å². The van der Waals surface area contributed by atoms with Crippen LogP contribution in [0.2, 0.25) is 0 Å². The van der Waals surface area contributed by atoms with Crippen molar-refractivity contribution >= 4 is 11.6 Å². The van der Waals surface area contributed by atoms with E-state index < -0.39 is 48.0 Å². The van der Waals surface area contributed by atoms with Gasteiger partial charge in [-0.3, -0.25) is 9.59 Å². The Morgan fingerprint density at radius 3 is 2.17 bits per heavy atom. The number of carbonyl (C=O) groups excluding carboxylic acids is 2. The lowest BCUT2D eigenvalue weighted by Crippen LogP contribution is -2.54. The smallest absolute Gasteiger partial charge is 0.380 e. The first-order valence-corrected chi connectivity index (χ1v) is 7.18. The molecule has 132 valence electrons. The molecule has 1 aromatic carbocycles. The van der Waals surface area contributed by atoms with Crippen molar-refractivity contribution in [3.63, 3.8) is 0 Å². The number of hydrogen-bond acceptors (Lipinski definition) is 3. The average Bonchev–Trinajstić information content (AvgIpc) is 2.53. The predicted octanol–water partition coefficient (Wildman–Crippen LogP) is 3.68. The summed E-state index contributed by atoms with van der Waals surface area (Å²) in [6.07, 6.45) is -8.57. The van der Waals surface area contributed by atoms with Crippen LogP contribution in [0.1, 0.15) is 23.2 Å². The van der Waals surface area contributed by atoms with E-state index in [2.05, 4.69) is 0 Å². The van der Waals surface area contributed by atoms with Crippen molar-refractivity contribution in [1.29, 1.82) is 0 Å². The molecule has 1 unspecified atom stereocenters. The summed E-state index contributed by atoms with van der Waals surface area (Å²) >= 11 is 0. The fourth-order valence-corrected chi connectivity index (χ4v) is 3.01. The zero-order valence-electron chi connectivity index (χ0n) is 12.6. The fraction of sp³-hybridized carbons (Fsp3) is 0.500. The highest BCUT2D eigenvalue weighted by molar-refractivity contribution is 5.99. The number of ether oxygens (including phenoxy) is 1. The molecule has 0 aromatic heterocycles. The molecule has 1 fully saturated rings. The molecule has 0 bridgehead atoms. The Morgan fingerprint density at radius 1 is 1.08 bits per heavy atom. The van der Waals surface area contributed by atoms with Crippen LogP contribution in [0.15, 0.2) is 30.3 Å². The van der Waals surface area contributed by atoms with E-state index in [1.807, 2.05) is 0 Å². The van der Waals surface area contributed by atoms with Gasteiger partial charge in [-0.05, 0) is 0 Å².